The van der Waals surface area contributed by atoms with Gasteiger partial charge < -0.3 is 9.64 Å². The summed E-state index contributed by atoms with van der Waals surface area (Å²) in [6, 6.07) is 0. The van der Waals surface area contributed by atoms with Crippen LogP contribution in [0, 0.1) is 0 Å². The Morgan fingerprint density at radius 3 is 3.00 bits per heavy atom. The van der Waals surface area contributed by atoms with Crippen molar-refractivity contribution in [1.82, 2.24) is 10.3 Å². The number of rotatable bonds is 2. The molecule has 0 aromatic carbocycles. The number of methoxy groups -OCH3 is 1. The van der Waals surface area contributed by atoms with Crippen LogP contribution in [0.5, 0.6) is 0 Å². The minimum Gasteiger partial charge on any atom is -0.380 e. The second-order valence-corrected chi connectivity index (χ2v) is 3.03. The molecule has 1 fully saturated rings. The maximum absolute atomic E-state index is 5.36. The maximum Gasteiger partial charge on any atom is 0.208 e. The standard InChI is InChI=1S/C8H18N4O/c1-3-10-8(11-9)12-5-4-7(6-12)13-2/h7H,3-6,9H2,1-2H3,(H,10,11). The van der Waals surface area contributed by atoms with Gasteiger partial charge in [0.15, 0.2) is 0 Å². The number of likely N-dealkylation sites (tertiary alicyclic amines) is 1. The summed E-state index contributed by atoms with van der Waals surface area (Å²) in [6.07, 6.45) is 1.36. The zero-order chi connectivity index (χ0) is 9.68. The van der Waals surface area contributed by atoms with Gasteiger partial charge >= 0.3 is 0 Å². The van der Waals surface area contributed by atoms with Crippen molar-refractivity contribution in [3.05, 3.63) is 0 Å². The Morgan fingerprint density at radius 1 is 1.77 bits per heavy atom. The molecular weight excluding hydrogens is 168 g/mol. The highest BCUT2D eigenvalue weighted by Gasteiger charge is 2.23. The third-order valence-corrected chi connectivity index (χ3v) is 2.21. The van der Waals surface area contributed by atoms with Crippen molar-refractivity contribution < 1.29 is 4.74 Å². The summed E-state index contributed by atoms with van der Waals surface area (Å²) in [5, 5.41) is 0. The van der Waals surface area contributed by atoms with Crippen LogP contribution in [0.2, 0.25) is 0 Å². The normalized spacial score (nSPS) is 23.8. The zero-order valence-electron chi connectivity index (χ0n) is 8.29. The fourth-order valence-electron chi connectivity index (χ4n) is 1.50. The number of ether oxygens (including phenoxy) is 1. The highest BCUT2D eigenvalue weighted by molar-refractivity contribution is 5.79. The van der Waals surface area contributed by atoms with Gasteiger partial charge in [-0.3, -0.25) is 10.4 Å². The Kier molecular flexibility index (Phi) is 3.98. The van der Waals surface area contributed by atoms with Gasteiger partial charge in [-0.25, -0.2) is 5.84 Å². The Balaban J connectivity index is 2.48. The van der Waals surface area contributed by atoms with E-state index < -0.39 is 0 Å². The predicted octanol–water partition coefficient (Wildman–Crippen LogP) is -0.454. The number of guanidine groups is 1. The molecule has 1 rings (SSSR count). The molecule has 0 aromatic rings. The van der Waals surface area contributed by atoms with Crippen molar-refractivity contribution in [3.63, 3.8) is 0 Å². The van der Waals surface area contributed by atoms with Crippen molar-refractivity contribution in [3.8, 4) is 0 Å². The minimum absolute atomic E-state index is 0.315. The molecule has 5 heteroatoms. The fraction of sp³-hybridized carbons (Fsp3) is 0.875. The molecule has 0 aliphatic carbocycles. The summed E-state index contributed by atoms with van der Waals surface area (Å²) >= 11 is 0. The van der Waals surface area contributed by atoms with Gasteiger partial charge in [0.1, 0.15) is 0 Å². The van der Waals surface area contributed by atoms with Crippen LogP contribution < -0.4 is 11.3 Å². The number of hydrazine groups is 1. The van der Waals surface area contributed by atoms with E-state index in [1.54, 1.807) is 7.11 Å². The first-order valence-corrected chi connectivity index (χ1v) is 4.60. The van der Waals surface area contributed by atoms with E-state index in [9.17, 15) is 0 Å². The Hall–Kier alpha value is -0.810. The van der Waals surface area contributed by atoms with E-state index >= 15 is 0 Å². The molecule has 1 heterocycles. The topological polar surface area (TPSA) is 62.9 Å². The lowest BCUT2D eigenvalue weighted by atomic mass is 10.3. The largest absolute Gasteiger partial charge is 0.380 e. The second-order valence-electron chi connectivity index (χ2n) is 3.03. The quantitative estimate of drug-likeness (QED) is 0.265. The van der Waals surface area contributed by atoms with Crippen LogP contribution in [0.3, 0.4) is 0 Å². The molecule has 0 spiro atoms. The van der Waals surface area contributed by atoms with Crippen LogP contribution >= 0.6 is 0 Å². The van der Waals surface area contributed by atoms with Gasteiger partial charge in [0.05, 0.1) is 6.10 Å². The highest BCUT2D eigenvalue weighted by atomic mass is 16.5. The van der Waals surface area contributed by atoms with E-state index in [1.807, 2.05) is 6.92 Å². The van der Waals surface area contributed by atoms with Gasteiger partial charge in [0.2, 0.25) is 5.96 Å². The van der Waals surface area contributed by atoms with Crippen LogP contribution in [0.15, 0.2) is 4.99 Å². The second kappa shape index (κ2) is 5.04. The van der Waals surface area contributed by atoms with Crippen molar-refractivity contribution in [2.45, 2.75) is 19.4 Å². The number of hydrogen-bond acceptors (Lipinski definition) is 3. The van der Waals surface area contributed by atoms with E-state index in [0.717, 1.165) is 32.0 Å². The maximum atomic E-state index is 5.36. The van der Waals surface area contributed by atoms with Gasteiger partial charge in [0, 0.05) is 26.7 Å². The molecule has 0 amide bonds. The average Bonchev–Trinajstić information content (AvgIpc) is 2.62. The van der Waals surface area contributed by atoms with Crippen molar-refractivity contribution >= 4 is 5.96 Å². The zero-order valence-corrected chi connectivity index (χ0v) is 8.29. The molecular formula is C8H18N4O. The Labute approximate surface area is 78.9 Å². The van der Waals surface area contributed by atoms with Crippen LogP contribution in [0.1, 0.15) is 13.3 Å². The molecule has 0 aromatic heterocycles. The number of nitrogens with one attached hydrogen (secondary N) is 1. The molecule has 0 bridgehead atoms. The van der Waals surface area contributed by atoms with Crippen molar-refractivity contribution in [2.24, 2.45) is 10.8 Å². The summed E-state index contributed by atoms with van der Waals surface area (Å²) in [5.41, 5.74) is 2.61. The third kappa shape index (κ3) is 2.57. The molecule has 76 valence electrons. The van der Waals surface area contributed by atoms with Gasteiger partial charge in [-0.05, 0) is 13.3 Å². The number of nitrogens with two attached hydrogens (primary N) is 1. The number of nitrogens with zero attached hydrogens (tertiary/aromatic N) is 2. The first kappa shape index (κ1) is 10.3. The summed E-state index contributed by atoms with van der Waals surface area (Å²) in [6.45, 7) is 4.57. The van der Waals surface area contributed by atoms with E-state index in [2.05, 4.69) is 15.3 Å². The minimum atomic E-state index is 0.315. The molecule has 0 radical (unpaired) electrons. The molecule has 3 N–H and O–H groups in total. The highest BCUT2D eigenvalue weighted by Crippen LogP contribution is 2.11. The van der Waals surface area contributed by atoms with Gasteiger partial charge in [-0.15, -0.1) is 0 Å². The number of aliphatic imine (C=N–C) groups is 1. The molecule has 1 aliphatic rings. The summed E-state index contributed by atoms with van der Waals surface area (Å²) in [4.78, 5) is 6.35. The van der Waals surface area contributed by atoms with Crippen LogP contribution in [-0.4, -0.2) is 43.7 Å². The molecule has 5 nitrogen and oxygen atoms in total. The molecule has 0 saturated carbocycles. The third-order valence-electron chi connectivity index (χ3n) is 2.21. The van der Waals surface area contributed by atoms with E-state index in [-0.39, 0.29) is 0 Å². The summed E-state index contributed by atoms with van der Waals surface area (Å²) < 4.78 is 5.25. The SMILES string of the molecule is CCN=C(NN)N1CCC(OC)C1. The van der Waals surface area contributed by atoms with Gasteiger partial charge in [0.25, 0.3) is 0 Å². The lowest BCUT2D eigenvalue weighted by molar-refractivity contribution is 0.114. The molecule has 13 heavy (non-hydrogen) atoms. The van der Waals surface area contributed by atoms with Crippen molar-refractivity contribution in [2.75, 3.05) is 26.7 Å². The van der Waals surface area contributed by atoms with Gasteiger partial charge in [-0.2, -0.15) is 0 Å². The smallest absolute Gasteiger partial charge is 0.208 e. The van der Waals surface area contributed by atoms with E-state index in [0.29, 0.717) is 6.10 Å². The molecule has 1 atom stereocenters. The molecule has 1 saturated heterocycles. The Bertz CT molecular complexity index is 183. The monoisotopic (exact) mass is 186 g/mol. The number of hydrogen-bond donors (Lipinski definition) is 2. The average molecular weight is 186 g/mol. The predicted molar refractivity (Wildman–Crippen MR) is 52.3 cm³/mol. The fourth-order valence-corrected chi connectivity index (χ4v) is 1.50. The van der Waals surface area contributed by atoms with E-state index in [1.165, 1.54) is 0 Å². The van der Waals surface area contributed by atoms with Crippen LogP contribution in [0.4, 0.5) is 0 Å². The Morgan fingerprint density at radius 2 is 2.54 bits per heavy atom. The van der Waals surface area contributed by atoms with E-state index in [4.69, 9.17) is 10.6 Å². The molecule has 1 unspecified atom stereocenters. The van der Waals surface area contributed by atoms with Gasteiger partial charge in [-0.1, -0.05) is 0 Å². The van der Waals surface area contributed by atoms with Crippen LogP contribution in [-0.2, 0) is 4.74 Å². The lowest BCUT2D eigenvalue weighted by Crippen LogP contribution is -2.44. The first-order chi connectivity index (χ1) is 6.31. The van der Waals surface area contributed by atoms with Crippen molar-refractivity contribution in [1.29, 1.82) is 0 Å². The lowest BCUT2D eigenvalue weighted by Gasteiger charge is -2.19. The summed E-state index contributed by atoms with van der Waals surface area (Å²) in [5.74, 6) is 6.13. The first-order valence-electron chi connectivity index (χ1n) is 4.60. The summed E-state index contributed by atoms with van der Waals surface area (Å²) in [7, 11) is 1.74. The van der Waals surface area contributed by atoms with Crippen LogP contribution in [0.25, 0.3) is 0 Å². The molecule has 1 aliphatic heterocycles.